The molecule has 0 aromatic heterocycles. The zero-order chi connectivity index (χ0) is 19.4. The zero-order valence-corrected chi connectivity index (χ0v) is 15.5. The average molecular weight is 367 g/mol. The maximum atomic E-state index is 12.5. The van der Waals surface area contributed by atoms with Crippen molar-refractivity contribution in [3.05, 3.63) is 64.2 Å². The van der Waals surface area contributed by atoms with Gasteiger partial charge in [-0.2, -0.15) is 0 Å². The van der Waals surface area contributed by atoms with E-state index in [1.54, 1.807) is 36.4 Å². The predicted octanol–water partition coefficient (Wildman–Crippen LogP) is 2.33. The molecule has 0 radical (unpaired) electrons. The number of rotatable bonds is 5. The highest BCUT2D eigenvalue weighted by molar-refractivity contribution is 5.99. The van der Waals surface area contributed by atoms with E-state index < -0.39 is 0 Å². The Bertz CT molecular complexity index is 858. The molecule has 0 saturated carbocycles. The van der Waals surface area contributed by atoms with Crippen LogP contribution in [-0.2, 0) is 13.1 Å². The molecule has 27 heavy (non-hydrogen) atoms. The van der Waals surface area contributed by atoms with Gasteiger partial charge in [0, 0.05) is 42.9 Å². The van der Waals surface area contributed by atoms with Gasteiger partial charge >= 0.3 is 0 Å². The van der Waals surface area contributed by atoms with Gasteiger partial charge < -0.3 is 21.1 Å². The highest BCUT2D eigenvalue weighted by Gasteiger charge is 2.21. The topological polar surface area (TPSA) is 95.7 Å². The van der Waals surface area contributed by atoms with Crippen molar-refractivity contribution in [1.82, 2.24) is 10.2 Å². The molecule has 1 aliphatic heterocycles. The monoisotopic (exact) mass is 367 g/mol. The molecule has 1 saturated heterocycles. The largest absolute Gasteiger partial charge is 0.508 e. The Balaban J connectivity index is 1.68. The van der Waals surface area contributed by atoms with E-state index in [4.69, 9.17) is 5.73 Å². The van der Waals surface area contributed by atoms with E-state index in [-0.39, 0.29) is 24.1 Å². The van der Waals surface area contributed by atoms with Gasteiger partial charge in [-0.3, -0.25) is 9.59 Å². The molecule has 2 aromatic rings. The Hall–Kier alpha value is -2.86. The van der Waals surface area contributed by atoms with Gasteiger partial charge in [0.15, 0.2) is 0 Å². The number of nitrogens with two attached hydrogens (primary N) is 1. The first kappa shape index (κ1) is 18.9. The second-order valence-corrected chi connectivity index (χ2v) is 6.88. The van der Waals surface area contributed by atoms with Crippen LogP contribution in [0.5, 0.6) is 5.75 Å². The minimum absolute atomic E-state index is 0.0282. The van der Waals surface area contributed by atoms with Crippen LogP contribution in [0.1, 0.15) is 50.2 Å². The third kappa shape index (κ3) is 4.28. The molecule has 142 valence electrons. The molecule has 0 unspecified atom stereocenters. The van der Waals surface area contributed by atoms with Gasteiger partial charge in [-0.15, -0.1) is 0 Å². The van der Waals surface area contributed by atoms with Gasteiger partial charge in [0.05, 0.1) is 0 Å². The fourth-order valence-electron chi connectivity index (χ4n) is 3.32. The van der Waals surface area contributed by atoms with Crippen LogP contribution >= 0.6 is 0 Å². The number of carbonyl (C=O) groups excluding carboxylic acids is 2. The summed E-state index contributed by atoms with van der Waals surface area (Å²) in [5.41, 5.74) is 9.03. The molecule has 6 nitrogen and oxygen atoms in total. The van der Waals surface area contributed by atoms with Crippen LogP contribution < -0.4 is 11.1 Å². The fourth-order valence-corrected chi connectivity index (χ4v) is 3.32. The summed E-state index contributed by atoms with van der Waals surface area (Å²) in [6, 6.07) is 10.2. The van der Waals surface area contributed by atoms with E-state index in [0.717, 1.165) is 37.1 Å². The first-order valence-electron chi connectivity index (χ1n) is 9.18. The molecule has 3 rings (SSSR count). The highest BCUT2D eigenvalue weighted by Crippen LogP contribution is 2.19. The van der Waals surface area contributed by atoms with Crippen molar-refractivity contribution in [2.45, 2.75) is 32.9 Å². The molecule has 0 spiro atoms. The summed E-state index contributed by atoms with van der Waals surface area (Å²) >= 11 is 0. The Morgan fingerprint density at radius 2 is 1.89 bits per heavy atom. The number of aryl methyl sites for hydroxylation is 1. The molecule has 4 N–H and O–H groups in total. The van der Waals surface area contributed by atoms with Gasteiger partial charge in [0.1, 0.15) is 5.75 Å². The number of benzene rings is 2. The van der Waals surface area contributed by atoms with E-state index in [0.29, 0.717) is 23.2 Å². The molecular formula is C21H25N3O3. The fraction of sp³-hybridized carbons (Fsp3) is 0.333. The number of aromatic hydroxyl groups is 1. The van der Waals surface area contributed by atoms with Crippen molar-refractivity contribution in [1.29, 1.82) is 0 Å². The lowest BCUT2D eigenvalue weighted by atomic mass is 10.0. The Morgan fingerprint density at radius 1 is 1.15 bits per heavy atom. The first-order valence-corrected chi connectivity index (χ1v) is 9.18. The van der Waals surface area contributed by atoms with Crippen LogP contribution in [0.25, 0.3) is 0 Å². The van der Waals surface area contributed by atoms with E-state index in [2.05, 4.69) is 5.32 Å². The average Bonchev–Trinajstić information content (AvgIpc) is 3.21. The van der Waals surface area contributed by atoms with Crippen molar-refractivity contribution >= 4 is 11.8 Å². The number of likely N-dealkylation sites (tertiary alicyclic amines) is 1. The van der Waals surface area contributed by atoms with Crippen molar-refractivity contribution in [3.8, 4) is 5.75 Å². The third-order valence-electron chi connectivity index (χ3n) is 4.93. The third-order valence-corrected chi connectivity index (χ3v) is 4.93. The van der Waals surface area contributed by atoms with E-state index in [9.17, 15) is 14.7 Å². The number of hydrogen-bond donors (Lipinski definition) is 3. The standard InChI is InChI=1S/C21H25N3O3/c1-14-10-16(5-6-18(14)21(27)24-8-2-3-9-24)20(26)23-13-17-11-15(12-22)4-7-19(17)25/h4-7,10-11,25H,2-3,8-9,12-13,22H2,1H3,(H,23,26). The molecule has 2 aromatic carbocycles. The van der Waals surface area contributed by atoms with E-state index >= 15 is 0 Å². The van der Waals surface area contributed by atoms with Crippen LogP contribution in [0.15, 0.2) is 36.4 Å². The Kier molecular flexibility index (Phi) is 5.76. The lowest BCUT2D eigenvalue weighted by Crippen LogP contribution is -2.28. The number of carbonyl (C=O) groups is 2. The Labute approximate surface area is 159 Å². The molecule has 0 atom stereocenters. The summed E-state index contributed by atoms with van der Waals surface area (Å²) in [6.45, 7) is 4.01. The zero-order valence-electron chi connectivity index (χ0n) is 15.5. The maximum absolute atomic E-state index is 12.5. The number of nitrogens with one attached hydrogen (secondary N) is 1. The first-order chi connectivity index (χ1) is 13.0. The minimum atomic E-state index is -0.254. The molecule has 2 amide bonds. The molecule has 1 heterocycles. The molecule has 0 aliphatic carbocycles. The lowest BCUT2D eigenvalue weighted by Gasteiger charge is -2.17. The number of hydrogen-bond acceptors (Lipinski definition) is 4. The second kappa shape index (κ2) is 8.22. The van der Waals surface area contributed by atoms with Crippen molar-refractivity contribution in [2.75, 3.05) is 13.1 Å². The Morgan fingerprint density at radius 3 is 2.56 bits per heavy atom. The quantitative estimate of drug-likeness (QED) is 0.756. The van der Waals surface area contributed by atoms with Crippen molar-refractivity contribution < 1.29 is 14.7 Å². The number of amides is 2. The van der Waals surface area contributed by atoms with Gasteiger partial charge in [-0.1, -0.05) is 6.07 Å². The smallest absolute Gasteiger partial charge is 0.254 e. The van der Waals surface area contributed by atoms with Crippen LogP contribution in [0.2, 0.25) is 0 Å². The molecular weight excluding hydrogens is 342 g/mol. The van der Waals surface area contributed by atoms with Gasteiger partial charge in [-0.05, 0) is 61.2 Å². The molecule has 1 aliphatic rings. The van der Waals surface area contributed by atoms with Crippen LogP contribution in [0, 0.1) is 6.92 Å². The molecule has 0 bridgehead atoms. The second-order valence-electron chi connectivity index (χ2n) is 6.88. The SMILES string of the molecule is Cc1cc(C(=O)NCc2cc(CN)ccc2O)ccc1C(=O)N1CCCC1. The van der Waals surface area contributed by atoms with Crippen molar-refractivity contribution in [3.63, 3.8) is 0 Å². The van der Waals surface area contributed by atoms with Crippen LogP contribution in [0.3, 0.4) is 0 Å². The van der Waals surface area contributed by atoms with E-state index in [1.165, 1.54) is 0 Å². The normalized spacial score (nSPS) is 13.6. The lowest BCUT2D eigenvalue weighted by molar-refractivity contribution is 0.0791. The van der Waals surface area contributed by atoms with Gasteiger partial charge in [-0.25, -0.2) is 0 Å². The number of nitrogens with zero attached hydrogens (tertiary/aromatic N) is 1. The highest BCUT2D eigenvalue weighted by atomic mass is 16.3. The maximum Gasteiger partial charge on any atom is 0.254 e. The minimum Gasteiger partial charge on any atom is -0.508 e. The van der Waals surface area contributed by atoms with E-state index in [1.807, 2.05) is 11.8 Å². The summed E-state index contributed by atoms with van der Waals surface area (Å²) in [5, 5.41) is 12.7. The summed E-state index contributed by atoms with van der Waals surface area (Å²) in [6.07, 6.45) is 2.09. The number of phenolic OH excluding ortho intramolecular Hbond substituents is 1. The summed E-state index contributed by atoms with van der Waals surface area (Å²) in [5.74, 6) is -0.105. The van der Waals surface area contributed by atoms with Gasteiger partial charge in [0.2, 0.25) is 0 Å². The molecule has 1 fully saturated rings. The molecule has 6 heteroatoms. The summed E-state index contributed by atoms with van der Waals surface area (Å²) < 4.78 is 0. The van der Waals surface area contributed by atoms with Crippen LogP contribution in [0.4, 0.5) is 0 Å². The number of phenols is 1. The summed E-state index contributed by atoms with van der Waals surface area (Å²) in [4.78, 5) is 26.9. The van der Waals surface area contributed by atoms with Gasteiger partial charge in [0.25, 0.3) is 11.8 Å². The van der Waals surface area contributed by atoms with Crippen molar-refractivity contribution in [2.24, 2.45) is 5.73 Å². The summed E-state index contributed by atoms with van der Waals surface area (Å²) in [7, 11) is 0. The predicted molar refractivity (Wildman–Crippen MR) is 103 cm³/mol. The van der Waals surface area contributed by atoms with Crippen LogP contribution in [-0.4, -0.2) is 34.9 Å².